The van der Waals surface area contributed by atoms with E-state index >= 15 is 0 Å². The van der Waals surface area contributed by atoms with Gasteiger partial charge in [0.2, 0.25) is 0 Å². The van der Waals surface area contributed by atoms with Crippen LogP contribution in [-0.4, -0.2) is 46.0 Å². The van der Waals surface area contributed by atoms with E-state index in [1.165, 1.54) is 23.9 Å². The summed E-state index contributed by atoms with van der Waals surface area (Å²) in [6, 6.07) is 1.22. The minimum Gasteiger partial charge on any atom is -0.368 e. The molecule has 2 unspecified atom stereocenters. The van der Waals surface area contributed by atoms with Crippen molar-refractivity contribution < 1.29 is 23.4 Å². The molecule has 1 aromatic rings. The Labute approximate surface area is 136 Å². The third-order valence-electron chi connectivity index (χ3n) is 4.17. The number of H-pyrrole nitrogens is 1. The molecule has 2 N–H and O–H groups in total. The lowest BCUT2D eigenvalue weighted by atomic mass is 9.96. The van der Waals surface area contributed by atoms with Gasteiger partial charge in [-0.15, -0.1) is 0 Å². The highest BCUT2D eigenvalue weighted by Gasteiger charge is 2.63. The van der Waals surface area contributed by atoms with Gasteiger partial charge in [-0.2, -0.15) is 0 Å². The second-order valence-electron chi connectivity index (χ2n) is 5.40. The quantitative estimate of drug-likeness (QED) is 0.695. The normalized spacial score (nSPS) is 35.3. The van der Waals surface area contributed by atoms with Crippen molar-refractivity contribution in [2.75, 3.05) is 13.7 Å². The molecule has 5 atom stereocenters. The summed E-state index contributed by atoms with van der Waals surface area (Å²) in [5.74, 6) is 0. The Morgan fingerprint density at radius 3 is 2.96 bits per heavy atom. The molecule has 0 spiro atoms. The highest BCUT2D eigenvalue weighted by molar-refractivity contribution is 8.07. The summed E-state index contributed by atoms with van der Waals surface area (Å²) in [4.78, 5) is 35.3. The molecule has 0 saturated carbocycles. The van der Waals surface area contributed by atoms with E-state index in [0.29, 0.717) is 6.42 Å². The van der Waals surface area contributed by atoms with E-state index in [1.807, 2.05) is 6.92 Å². The smallest absolute Gasteiger partial charge is 0.330 e. The van der Waals surface area contributed by atoms with Crippen LogP contribution in [0.1, 0.15) is 19.6 Å². The number of hydrogen-bond donors (Lipinski definition) is 2. The van der Waals surface area contributed by atoms with Crippen LogP contribution in [0.3, 0.4) is 0 Å². The van der Waals surface area contributed by atoms with Gasteiger partial charge >= 0.3 is 12.4 Å². The van der Waals surface area contributed by atoms with Crippen LogP contribution in [0.15, 0.2) is 21.9 Å². The van der Waals surface area contributed by atoms with Crippen molar-refractivity contribution in [3.05, 3.63) is 33.1 Å². The van der Waals surface area contributed by atoms with Crippen molar-refractivity contribution >= 4 is 18.5 Å². The van der Waals surface area contributed by atoms with Gasteiger partial charge in [-0.25, -0.2) is 4.79 Å². The zero-order valence-electron chi connectivity index (χ0n) is 12.5. The maximum atomic E-state index is 12.0. The molecule has 9 nitrogen and oxygen atoms in total. The number of rotatable bonds is 5. The van der Waals surface area contributed by atoms with Crippen LogP contribution in [0.5, 0.6) is 0 Å². The van der Waals surface area contributed by atoms with Crippen LogP contribution in [0.2, 0.25) is 0 Å². The van der Waals surface area contributed by atoms with Crippen LogP contribution in [0, 0.1) is 0 Å². The Hall–Kier alpha value is -0.870. The Morgan fingerprint density at radius 2 is 2.35 bits per heavy atom. The lowest BCUT2D eigenvalue weighted by Gasteiger charge is -2.31. The average Bonchev–Trinajstić information content (AvgIpc) is 2.99. The molecule has 128 valence electrons. The lowest BCUT2D eigenvalue weighted by molar-refractivity contribution is -0.175. The Balaban J connectivity index is 1.96. The zero-order chi connectivity index (χ0) is 16.8. The standard InChI is InChI=1S/C12H17N2O7PS/c1-3-12-6-19-8(9(12)21-22(17,23)18-2)10(20-12)14-5-4-7(15)13-11(14)16/h4-5,8-10H,3,6H2,1-2H3,(H,17,23)(H,13,15,16)/t8-,9?,10+,12+,22?/m0/s1. The van der Waals surface area contributed by atoms with E-state index in [4.69, 9.17) is 30.3 Å². The topological polar surface area (TPSA) is 112 Å². The second-order valence-corrected chi connectivity index (χ2v) is 8.29. The number of fused-ring (bicyclic) bond motifs is 2. The first-order chi connectivity index (χ1) is 10.8. The van der Waals surface area contributed by atoms with E-state index in [-0.39, 0.29) is 6.61 Å². The molecule has 2 aliphatic rings. The van der Waals surface area contributed by atoms with E-state index in [9.17, 15) is 14.5 Å². The number of nitrogens with one attached hydrogen (secondary N) is 1. The summed E-state index contributed by atoms with van der Waals surface area (Å²) in [6.45, 7) is -1.28. The fraction of sp³-hybridized carbons (Fsp3) is 0.667. The predicted molar refractivity (Wildman–Crippen MR) is 82.6 cm³/mol. The van der Waals surface area contributed by atoms with Crippen molar-refractivity contribution in [2.45, 2.75) is 37.4 Å². The monoisotopic (exact) mass is 364 g/mol. The number of ether oxygens (including phenoxy) is 2. The highest BCUT2D eigenvalue weighted by atomic mass is 32.5. The predicted octanol–water partition coefficient (Wildman–Crippen LogP) is -0.139. The minimum atomic E-state index is -3.42. The summed E-state index contributed by atoms with van der Waals surface area (Å²) < 4.78 is 23.3. The fourth-order valence-corrected chi connectivity index (χ4v) is 3.88. The summed E-state index contributed by atoms with van der Waals surface area (Å²) >= 11 is 4.91. The number of hydrogen-bond acceptors (Lipinski definition) is 7. The van der Waals surface area contributed by atoms with Crippen molar-refractivity contribution in [1.82, 2.24) is 9.55 Å². The number of nitrogens with zero attached hydrogens (tertiary/aromatic N) is 1. The van der Waals surface area contributed by atoms with Gasteiger partial charge in [0.15, 0.2) is 6.23 Å². The Morgan fingerprint density at radius 1 is 1.61 bits per heavy atom. The lowest BCUT2D eigenvalue weighted by Crippen LogP contribution is -2.41. The molecule has 2 fully saturated rings. The number of aromatic amines is 1. The molecular formula is C12H17N2O7PS. The average molecular weight is 364 g/mol. The van der Waals surface area contributed by atoms with Crippen LogP contribution >= 0.6 is 6.72 Å². The Kier molecular flexibility index (Phi) is 4.35. The molecule has 2 bridgehead atoms. The third-order valence-corrected chi connectivity index (χ3v) is 5.84. The first kappa shape index (κ1) is 17.0. The minimum absolute atomic E-state index is 0.256. The number of aromatic nitrogens is 2. The van der Waals surface area contributed by atoms with E-state index in [2.05, 4.69) is 4.98 Å². The van der Waals surface area contributed by atoms with Gasteiger partial charge in [0.1, 0.15) is 17.8 Å². The van der Waals surface area contributed by atoms with E-state index in [0.717, 1.165) is 0 Å². The summed E-state index contributed by atoms with van der Waals surface area (Å²) in [7, 11) is 1.27. The van der Waals surface area contributed by atoms with Crippen molar-refractivity contribution in [3.8, 4) is 0 Å². The SMILES string of the molecule is CC[C@@]12CO[C@@H](C1OP(O)(=S)OC)[C@H](n1ccc(=O)[nH]c1=O)O2. The fourth-order valence-electron chi connectivity index (χ4n) is 2.92. The highest BCUT2D eigenvalue weighted by Crippen LogP contribution is 2.55. The van der Waals surface area contributed by atoms with E-state index < -0.39 is 42.0 Å². The molecule has 2 saturated heterocycles. The van der Waals surface area contributed by atoms with Crippen molar-refractivity contribution in [2.24, 2.45) is 0 Å². The first-order valence-electron chi connectivity index (χ1n) is 7.00. The largest absolute Gasteiger partial charge is 0.368 e. The summed E-state index contributed by atoms with van der Waals surface area (Å²) in [5, 5.41) is 0. The van der Waals surface area contributed by atoms with Gasteiger partial charge in [0, 0.05) is 19.4 Å². The van der Waals surface area contributed by atoms with Crippen molar-refractivity contribution in [1.29, 1.82) is 0 Å². The van der Waals surface area contributed by atoms with Crippen LogP contribution in [0.4, 0.5) is 0 Å². The molecule has 3 rings (SSSR count). The maximum Gasteiger partial charge on any atom is 0.330 e. The zero-order valence-corrected chi connectivity index (χ0v) is 14.2. The molecule has 23 heavy (non-hydrogen) atoms. The molecule has 0 aromatic carbocycles. The Bertz CT molecular complexity index is 764. The molecule has 0 aliphatic carbocycles. The van der Waals surface area contributed by atoms with Gasteiger partial charge in [-0.1, -0.05) is 6.92 Å². The first-order valence-corrected chi connectivity index (χ1v) is 9.59. The van der Waals surface area contributed by atoms with Crippen LogP contribution in [0.25, 0.3) is 0 Å². The van der Waals surface area contributed by atoms with Crippen LogP contribution < -0.4 is 11.2 Å². The van der Waals surface area contributed by atoms with E-state index in [1.54, 1.807) is 0 Å². The maximum absolute atomic E-state index is 12.0. The summed E-state index contributed by atoms with van der Waals surface area (Å²) in [5.41, 5.74) is -1.95. The molecule has 0 amide bonds. The van der Waals surface area contributed by atoms with Gasteiger partial charge in [-0.05, 0) is 18.2 Å². The molecule has 2 aliphatic heterocycles. The molecule has 1 aromatic heterocycles. The van der Waals surface area contributed by atoms with Crippen molar-refractivity contribution in [3.63, 3.8) is 0 Å². The van der Waals surface area contributed by atoms with Crippen LogP contribution in [-0.2, 0) is 30.3 Å². The summed E-state index contributed by atoms with van der Waals surface area (Å²) in [6.07, 6.45) is -0.246. The third kappa shape index (κ3) is 2.85. The van der Waals surface area contributed by atoms with Gasteiger partial charge < -0.3 is 18.9 Å². The van der Waals surface area contributed by atoms with Gasteiger partial charge in [0.25, 0.3) is 5.56 Å². The van der Waals surface area contributed by atoms with Gasteiger partial charge in [-0.3, -0.25) is 18.9 Å². The molecule has 11 heteroatoms. The molecular weight excluding hydrogens is 347 g/mol. The second kappa shape index (κ2) is 5.89. The molecule has 3 heterocycles. The molecule has 0 radical (unpaired) electrons. The van der Waals surface area contributed by atoms with Gasteiger partial charge in [0.05, 0.1) is 6.61 Å².